The number of carbonyl (C=O) groups is 2. The molecule has 1 N–H and O–H groups in total. The monoisotopic (exact) mass is 378 g/mol. The number of alkyl halides is 1. The number of hydrogen-bond acceptors (Lipinski definition) is 3. The van der Waals surface area contributed by atoms with Crippen LogP contribution in [0.2, 0.25) is 0 Å². The summed E-state index contributed by atoms with van der Waals surface area (Å²) in [5.41, 5.74) is 2.14. The van der Waals surface area contributed by atoms with E-state index in [4.69, 9.17) is 11.6 Å². The summed E-state index contributed by atoms with van der Waals surface area (Å²) in [6.45, 7) is 1.60. The Kier molecular flexibility index (Phi) is 5.30. The smallest absolute Gasteiger partial charge is 0.242 e. The lowest BCUT2D eigenvalue weighted by molar-refractivity contribution is -0.116. The van der Waals surface area contributed by atoms with E-state index in [0.717, 1.165) is 5.56 Å². The van der Waals surface area contributed by atoms with Crippen molar-refractivity contribution in [3.05, 3.63) is 59.9 Å². The summed E-state index contributed by atoms with van der Waals surface area (Å²) in [6, 6.07) is 13.2. The fraction of sp³-hybridized carbons (Fsp3) is 0.222. The van der Waals surface area contributed by atoms with Crippen molar-refractivity contribution in [2.45, 2.75) is 17.7 Å². The first kappa shape index (κ1) is 17.8. The van der Waals surface area contributed by atoms with Crippen molar-refractivity contribution >= 4 is 46.6 Å². The lowest BCUT2D eigenvalue weighted by atomic mass is 10.1. The summed E-state index contributed by atoms with van der Waals surface area (Å²) >= 11 is 7.27. The molecule has 25 heavy (non-hydrogen) atoms. The molecule has 0 aromatic heterocycles. The van der Waals surface area contributed by atoms with Gasteiger partial charge in [0.05, 0.1) is 5.75 Å². The topological polar surface area (TPSA) is 49.4 Å². The van der Waals surface area contributed by atoms with Crippen LogP contribution in [0.3, 0.4) is 0 Å². The molecule has 1 aliphatic rings. The zero-order chi connectivity index (χ0) is 18.0. The Labute approximate surface area is 154 Å². The Balaban J connectivity index is 1.88. The van der Waals surface area contributed by atoms with Gasteiger partial charge in [-0.1, -0.05) is 12.1 Å². The first-order chi connectivity index (χ1) is 12.0. The molecule has 1 saturated heterocycles. The average Bonchev–Trinajstić information content (AvgIpc) is 2.97. The van der Waals surface area contributed by atoms with Crippen molar-refractivity contribution in [3.63, 3.8) is 0 Å². The van der Waals surface area contributed by atoms with Crippen LogP contribution in [0.15, 0.2) is 48.5 Å². The second-order valence-electron chi connectivity index (χ2n) is 5.63. The Hall–Kier alpha value is -2.05. The third-order valence-electron chi connectivity index (χ3n) is 3.77. The molecule has 130 valence electrons. The molecule has 1 fully saturated rings. The summed E-state index contributed by atoms with van der Waals surface area (Å²) in [5, 5.41) is 1.87. The number of nitrogens with zero attached hydrogens (tertiary/aromatic N) is 1. The van der Waals surface area contributed by atoms with E-state index in [1.165, 1.54) is 23.9 Å². The maximum absolute atomic E-state index is 13.2. The standard InChI is InChI=1S/C18H16ClFN2O2S/c1-11(19)17(24)21-14-4-2-3-12(9-14)18-22(16(23)10-25-18)15-7-5-13(20)6-8-15/h2-9,11,18H,10H2,1H3,(H,21,24)/t11-,18-/m1/s1. The molecule has 2 amide bonds. The quantitative estimate of drug-likeness (QED) is 0.812. The molecule has 2 aromatic carbocycles. The van der Waals surface area contributed by atoms with Crippen molar-refractivity contribution in [1.29, 1.82) is 0 Å². The van der Waals surface area contributed by atoms with Gasteiger partial charge in [0.25, 0.3) is 0 Å². The summed E-state index contributed by atoms with van der Waals surface area (Å²) in [4.78, 5) is 25.7. The normalized spacial score (nSPS) is 18.3. The van der Waals surface area contributed by atoms with E-state index in [1.807, 2.05) is 18.2 Å². The lowest BCUT2D eigenvalue weighted by Gasteiger charge is -2.24. The minimum Gasteiger partial charge on any atom is -0.325 e. The van der Waals surface area contributed by atoms with Crippen molar-refractivity contribution in [2.75, 3.05) is 16.0 Å². The average molecular weight is 379 g/mol. The molecule has 0 radical (unpaired) electrons. The van der Waals surface area contributed by atoms with Crippen LogP contribution >= 0.6 is 23.4 Å². The maximum atomic E-state index is 13.2. The summed E-state index contributed by atoms with van der Waals surface area (Å²) < 4.78 is 13.2. The molecule has 0 saturated carbocycles. The molecule has 0 unspecified atom stereocenters. The zero-order valence-corrected chi connectivity index (χ0v) is 15.0. The third-order valence-corrected chi connectivity index (χ3v) is 5.18. The van der Waals surface area contributed by atoms with Gasteiger partial charge in [0.15, 0.2) is 0 Å². The molecule has 1 heterocycles. The van der Waals surface area contributed by atoms with Gasteiger partial charge in [-0.25, -0.2) is 4.39 Å². The van der Waals surface area contributed by atoms with Crippen molar-refractivity contribution < 1.29 is 14.0 Å². The molecule has 1 aliphatic heterocycles. The molecular formula is C18H16ClFN2O2S. The first-order valence-corrected chi connectivity index (χ1v) is 9.18. The molecular weight excluding hydrogens is 363 g/mol. The highest BCUT2D eigenvalue weighted by atomic mass is 35.5. The summed E-state index contributed by atoms with van der Waals surface area (Å²) in [6.07, 6.45) is 0. The van der Waals surface area contributed by atoms with Gasteiger partial charge in [-0.05, 0) is 48.9 Å². The van der Waals surface area contributed by atoms with Crippen molar-refractivity contribution in [1.82, 2.24) is 0 Å². The van der Waals surface area contributed by atoms with Gasteiger partial charge < -0.3 is 5.32 Å². The molecule has 4 nitrogen and oxygen atoms in total. The van der Waals surface area contributed by atoms with Gasteiger partial charge in [0, 0.05) is 11.4 Å². The molecule has 2 atom stereocenters. The highest BCUT2D eigenvalue weighted by Gasteiger charge is 2.34. The minimum atomic E-state index is -0.637. The number of rotatable bonds is 4. The van der Waals surface area contributed by atoms with E-state index in [1.54, 1.807) is 30.0 Å². The second kappa shape index (κ2) is 7.45. The highest BCUT2D eigenvalue weighted by molar-refractivity contribution is 8.00. The third kappa shape index (κ3) is 3.96. The van der Waals surface area contributed by atoms with E-state index in [9.17, 15) is 14.0 Å². The fourth-order valence-corrected chi connectivity index (χ4v) is 3.78. The molecule has 7 heteroatoms. The number of halogens is 2. The number of carbonyl (C=O) groups excluding carboxylic acids is 2. The predicted octanol–water partition coefficient (Wildman–Crippen LogP) is 4.17. The van der Waals surface area contributed by atoms with E-state index in [-0.39, 0.29) is 23.0 Å². The number of nitrogens with one attached hydrogen (secondary N) is 1. The van der Waals surface area contributed by atoms with Crippen LogP contribution in [0.4, 0.5) is 15.8 Å². The predicted molar refractivity (Wildman–Crippen MR) is 99.5 cm³/mol. The molecule has 0 bridgehead atoms. The zero-order valence-electron chi connectivity index (χ0n) is 13.4. The number of hydrogen-bond donors (Lipinski definition) is 1. The van der Waals surface area contributed by atoms with Gasteiger partial charge in [-0.2, -0.15) is 0 Å². The number of benzene rings is 2. The minimum absolute atomic E-state index is 0.0366. The van der Waals surface area contributed by atoms with Crippen LogP contribution < -0.4 is 10.2 Å². The van der Waals surface area contributed by atoms with Gasteiger partial charge in [-0.3, -0.25) is 14.5 Å². The maximum Gasteiger partial charge on any atom is 0.242 e. The number of thioether (sulfide) groups is 1. The molecule has 3 rings (SSSR count). The fourth-order valence-electron chi connectivity index (χ4n) is 2.56. The molecule has 0 spiro atoms. The Bertz CT molecular complexity index is 798. The summed E-state index contributed by atoms with van der Waals surface area (Å²) in [7, 11) is 0. The van der Waals surface area contributed by atoms with Crippen LogP contribution in [-0.2, 0) is 9.59 Å². The van der Waals surface area contributed by atoms with E-state index >= 15 is 0 Å². The second-order valence-corrected chi connectivity index (χ2v) is 7.36. The molecule has 2 aromatic rings. The van der Waals surface area contributed by atoms with Gasteiger partial charge in [-0.15, -0.1) is 23.4 Å². The van der Waals surface area contributed by atoms with E-state index in [0.29, 0.717) is 17.1 Å². The van der Waals surface area contributed by atoms with Crippen LogP contribution in [0, 0.1) is 5.82 Å². The SMILES string of the molecule is C[C@@H](Cl)C(=O)Nc1cccc([C@H]2SCC(=O)N2c2ccc(F)cc2)c1. The van der Waals surface area contributed by atoms with Gasteiger partial charge in [0.2, 0.25) is 11.8 Å². The van der Waals surface area contributed by atoms with Crippen LogP contribution in [0.25, 0.3) is 0 Å². The highest BCUT2D eigenvalue weighted by Crippen LogP contribution is 2.42. The lowest BCUT2D eigenvalue weighted by Crippen LogP contribution is -2.28. The largest absolute Gasteiger partial charge is 0.325 e. The Morgan fingerprint density at radius 3 is 2.72 bits per heavy atom. The van der Waals surface area contributed by atoms with E-state index in [2.05, 4.69) is 5.32 Å². The van der Waals surface area contributed by atoms with E-state index < -0.39 is 5.38 Å². The van der Waals surface area contributed by atoms with Crippen LogP contribution in [0.1, 0.15) is 17.9 Å². The van der Waals surface area contributed by atoms with Crippen molar-refractivity contribution in [2.24, 2.45) is 0 Å². The Morgan fingerprint density at radius 2 is 2.04 bits per heavy atom. The van der Waals surface area contributed by atoms with Crippen LogP contribution in [0.5, 0.6) is 0 Å². The van der Waals surface area contributed by atoms with Gasteiger partial charge in [0.1, 0.15) is 16.6 Å². The number of amides is 2. The summed E-state index contributed by atoms with van der Waals surface area (Å²) in [5.74, 6) is -0.327. The first-order valence-electron chi connectivity index (χ1n) is 7.70. The van der Waals surface area contributed by atoms with Crippen LogP contribution in [-0.4, -0.2) is 22.9 Å². The number of anilines is 2. The Morgan fingerprint density at radius 1 is 1.32 bits per heavy atom. The van der Waals surface area contributed by atoms with Crippen molar-refractivity contribution in [3.8, 4) is 0 Å². The molecule has 0 aliphatic carbocycles. The van der Waals surface area contributed by atoms with Gasteiger partial charge >= 0.3 is 0 Å².